The van der Waals surface area contributed by atoms with Crippen molar-refractivity contribution >= 4 is 29.9 Å². The van der Waals surface area contributed by atoms with E-state index in [0.717, 1.165) is 38.6 Å². The minimum Gasteiger partial charge on any atom is -0.461 e. The number of halogens is 1. The largest absolute Gasteiger partial charge is 0.461 e. The molecule has 0 saturated heterocycles. The van der Waals surface area contributed by atoms with Crippen LogP contribution in [0.25, 0.3) is 11.6 Å². The summed E-state index contributed by atoms with van der Waals surface area (Å²) in [5, 5.41) is 13.8. The van der Waals surface area contributed by atoms with Gasteiger partial charge in [0.05, 0.1) is 6.26 Å². The Morgan fingerprint density at radius 3 is 2.75 bits per heavy atom. The Morgan fingerprint density at radius 2 is 2.11 bits per heavy atom. The third kappa shape index (κ3) is 8.17. The molecule has 0 amide bonds. The summed E-state index contributed by atoms with van der Waals surface area (Å²) in [5.41, 5.74) is 0. The highest BCUT2D eigenvalue weighted by molar-refractivity contribution is 14.0. The van der Waals surface area contributed by atoms with E-state index in [1.54, 1.807) is 6.26 Å². The Labute approximate surface area is 185 Å². The molecule has 3 N–H and O–H groups in total. The number of furan rings is 1. The zero-order chi connectivity index (χ0) is 19.5. The summed E-state index contributed by atoms with van der Waals surface area (Å²) in [5.74, 6) is 2.69. The molecule has 158 valence electrons. The zero-order valence-corrected chi connectivity index (χ0v) is 19.7. The third-order valence-electron chi connectivity index (χ3n) is 4.39. The van der Waals surface area contributed by atoms with Gasteiger partial charge in [0, 0.05) is 12.6 Å². The van der Waals surface area contributed by atoms with Crippen molar-refractivity contribution in [2.24, 2.45) is 4.99 Å². The van der Waals surface area contributed by atoms with Gasteiger partial charge in [-0.3, -0.25) is 5.10 Å². The predicted molar refractivity (Wildman–Crippen MR) is 124 cm³/mol. The zero-order valence-electron chi connectivity index (χ0n) is 17.4. The van der Waals surface area contributed by atoms with Crippen LogP contribution in [0.3, 0.4) is 0 Å². The highest BCUT2D eigenvalue weighted by Crippen LogP contribution is 2.14. The number of hydrogen-bond donors (Lipinski definition) is 3. The molecular weight excluding hydrogens is 469 g/mol. The second kappa shape index (κ2) is 13.5. The molecule has 1 atom stereocenters. The number of aromatic amines is 1. The minimum absolute atomic E-state index is 0. The van der Waals surface area contributed by atoms with Crippen LogP contribution in [-0.2, 0) is 6.54 Å². The average molecular weight is 503 g/mol. The normalized spacial score (nSPS) is 12.7. The lowest BCUT2D eigenvalue weighted by atomic mass is 10.2. The van der Waals surface area contributed by atoms with Gasteiger partial charge < -0.3 is 20.0 Å². The van der Waals surface area contributed by atoms with Crippen molar-refractivity contribution in [3.63, 3.8) is 0 Å². The van der Waals surface area contributed by atoms with Crippen LogP contribution in [0.4, 0.5) is 0 Å². The van der Waals surface area contributed by atoms with Crippen LogP contribution >= 0.6 is 24.0 Å². The van der Waals surface area contributed by atoms with Crippen molar-refractivity contribution in [2.75, 3.05) is 26.2 Å². The Bertz CT molecular complexity index is 668. The molecule has 9 heteroatoms. The van der Waals surface area contributed by atoms with Gasteiger partial charge in [0.2, 0.25) is 5.82 Å². The number of aromatic nitrogens is 3. The molecule has 2 rings (SSSR count). The maximum atomic E-state index is 5.31. The Kier molecular flexibility index (Phi) is 11.8. The first-order valence-electron chi connectivity index (χ1n) is 9.88. The smallest absolute Gasteiger partial charge is 0.216 e. The molecule has 0 aliphatic rings. The van der Waals surface area contributed by atoms with Crippen LogP contribution in [0, 0.1) is 0 Å². The maximum Gasteiger partial charge on any atom is 0.216 e. The van der Waals surface area contributed by atoms with E-state index in [0.29, 0.717) is 30.0 Å². The fourth-order valence-corrected chi connectivity index (χ4v) is 2.82. The Morgan fingerprint density at radius 1 is 1.32 bits per heavy atom. The topological polar surface area (TPSA) is 94.4 Å². The number of guanidine groups is 1. The maximum absolute atomic E-state index is 5.31. The fourth-order valence-electron chi connectivity index (χ4n) is 2.82. The van der Waals surface area contributed by atoms with E-state index in [1.165, 1.54) is 6.42 Å². The number of nitrogens with one attached hydrogen (secondary N) is 3. The molecule has 0 bridgehead atoms. The van der Waals surface area contributed by atoms with Crippen molar-refractivity contribution in [1.82, 2.24) is 30.7 Å². The van der Waals surface area contributed by atoms with Crippen molar-refractivity contribution < 1.29 is 4.42 Å². The van der Waals surface area contributed by atoms with Gasteiger partial charge in [-0.2, -0.15) is 0 Å². The monoisotopic (exact) mass is 503 g/mol. The molecule has 0 saturated carbocycles. The molecule has 2 aromatic rings. The average Bonchev–Trinajstić information content (AvgIpc) is 3.35. The summed E-state index contributed by atoms with van der Waals surface area (Å²) in [4.78, 5) is 11.5. The van der Waals surface area contributed by atoms with Gasteiger partial charge in [-0.1, -0.05) is 13.8 Å². The summed E-state index contributed by atoms with van der Waals surface area (Å²) >= 11 is 0. The summed E-state index contributed by atoms with van der Waals surface area (Å²) in [7, 11) is 0. The molecule has 0 radical (unpaired) electrons. The first-order chi connectivity index (χ1) is 13.2. The van der Waals surface area contributed by atoms with E-state index < -0.39 is 0 Å². The van der Waals surface area contributed by atoms with Crippen LogP contribution in [0.1, 0.15) is 46.4 Å². The quantitative estimate of drug-likeness (QED) is 0.248. The lowest BCUT2D eigenvalue weighted by Gasteiger charge is -2.21. The molecule has 28 heavy (non-hydrogen) atoms. The molecule has 1 unspecified atom stereocenters. The van der Waals surface area contributed by atoms with Crippen molar-refractivity contribution in [2.45, 2.75) is 53.1 Å². The molecule has 0 fully saturated rings. The van der Waals surface area contributed by atoms with Gasteiger partial charge in [-0.25, -0.2) is 9.98 Å². The molecule has 0 aromatic carbocycles. The van der Waals surface area contributed by atoms with Crippen LogP contribution in [-0.4, -0.2) is 58.3 Å². The summed E-state index contributed by atoms with van der Waals surface area (Å²) in [6, 6.07) is 4.01. The van der Waals surface area contributed by atoms with Crippen LogP contribution in [0.5, 0.6) is 0 Å². The van der Waals surface area contributed by atoms with Gasteiger partial charge in [0.1, 0.15) is 12.4 Å². The number of nitrogens with zero attached hydrogens (tertiary/aromatic N) is 4. The van der Waals surface area contributed by atoms with Gasteiger partial charge in [-0.05, 0) is 58.5 Å². The number of aliphatic imine (C=N–C) groups is 1. The lowest BCUT2D eigenvalue weighted by molar-refractivity contribution is 0.292. The van der Waals surface area contributed by atoms with Crippen LogP contribution < -0.4 is 10.6 Å². The van der Waals surface area contributed by atoms with E-state index in [2.05, 4.69) is 63.4 Å². The minimum atomic E-state index is 0. The lowest BCUT2D eigenvalue weighted by Crippen LogP contribution is -2.42. The molecule has 0 aliphatic carbocycles. The fraction of sp³-hybridized carbons (Fsp3) is 0.632. The van der Waals surface area contributed by atoms with Gasteiger partial charge in [0.25, 0.3) is 0 Å². The van der Waals surface area contributed by atoms with Gasteiger partial charge in [0.15, 0.2) is 11.7 Å². The molecule has 2 aromatic heterocycles. The molecule has 0 aliphatic heterocycles. The summed E-state index contributed by atoms with van der Waals surface area (Å²) in [6.45, 7) is 13.3. The number of hydrogen-bond acceptors (Lipinski definition) is 5. The van der Waals surface area contributed by atoms with Crippen LogP contribution in [0.2, 0.25) is 0 Å². The van der Waals surface area contributed by atoms with E-state index in [1.807, 2.05) is 12.1 Å². The SMILES string of the molecule is CCNC(=NCc1nc(-c2ccco2)n[nH]1)NC(C)CCCN(CC)CC.I. The molecule has 2 heterocycles. The van der Waals surface area contributed by atoms with Crippen molar-refractivity contribution in [1.29, 1.82) is 0 Å². The Balaban J connectivity index is 0.00000392. The first kappa shape index (κ1) is 24.4. The second-order valence-corrected chi connectivity index (χ2v) is 6.49. The number of rotatable bonds is 11. The van der Waals surface area contributed by atoms with E-state index in [9.17, 15) is 0 Å². The predicted octanol–water partition coefficient (Wildman–Crippen LogP) is 3.25. The standard InChI is InChI=1S/C19H33N7O.HI/c1-5-20-19(22-15(4)10-8-12-26(6-2)7-3)21-14-17-23-18(25-24-17)16-11-9-13-27-16;/h9,11,13,15H,5-8,10,12,14H2,1-4H3,(H2,20,21,22)(H,23,24,25);1H. The van der Waals surface area contributed by atoms with E-state index in [4.69, 9.17) is 4.42 Å². The third-order valence-corrected chi connectivity index (χ3v) is 4.39. The molecule has 0 spiro atoms. The second-order valence-electron chi connectivity index (χ2n) is 6.49. The van der Waals surface area contributed by atoms with E-state index in [-0.39, 0.29) is 24.0 Å². The van der Waals surface area contributed by atoms with E-state index >= 15 is 0 Å². The number of H-pyrrole nitrogens is 1. The summed E-state index contributed by atoms with van der Waals surface area (Å²) in [6.07, 6.45) is 3.88. The van der Waals surface area contributed by atoms with Crippen LogP contribution in [0.15, 0.2) is 27.8 Å². The summed E-state index contributed by atoms with van der Waals surface area (Å²) < 4.78 is 5.31. The molecule has 8 nitrogen and oxygen atoms in total. The Hall–Kier alpha value is -1.62. The molecular formula is C19H34IN7O. The highest BCUT2D eigenvalue weighted by atomic mass is 127. The first-order valence-corrected chi connectivity index (χ1v) is 9.88. The van der Waals surface area contributed by atoms with Crippen molar-refractivity contribution in [3.05, 3.63) is 24.2 Å². The van der Waals surface area contributed by atoms with Gasteiger partial charge in [-0.15, -0.1) is 29.1 Å². The van der Waals surface area contributed by atoms with Crippen molar-refractivity contribution in [3.8, 4) is 11.6 Å². The van der Waals surface area contributed by atoms with Gasteiger partial charge >= 0.3 is 0 Å². The highest BCUT2D eigenvalue weighted by Gasteiger charge is 2.09.